The van der Waals surface area contributed by atoms with Crippen molar-refractivity contribution in [2.45, 2.75) is 13.1 Å². The summed E-state index contributed by atoms with van der Waals surface area (Å²) in [6, 6.07) is 13.0. The fourth-order valence-electron chi connectivity index (χ4n) is 1.90. The zero-order chi connectivity index (χ0) is 15.2. The smallest absolute Gasteiger partial charge is 0.335 e. The maximum atomic E-state index is 10.9. The molecule has 2 aromatic carbocycles. The summed E-state index contributed by atoms with van der Waals surface area (Å²) in [4.78, 5) is 21.0. The first kappa shape index (κ1) is 14.7. The Morgan fingerprint density at radius 1 is 1.10 bits per heavy atom. The molecule has 0 amide bonds. The van der Waals surface area contributed by atoms with Gasteiger partial charge in [0.25, 0.3) is 5.69 Å². The fraction of sp³-hybridized carbons (Fsp3) is 0.133. The Balaban J connectivity index is 1.90. The van der Waals surface area contributed by atoms with E-state index < -0.39 is 10.9 Å². The van der Waals surface area contributed by atoms with Gasteiger partial charge < -0.3 is 10.4 Å². The van der Waals surface area contributed by atoms with E-state index in [4.69, 9.17) is 5.11 Å². The number of non-ortho nitro benzene ring substituents is 1. The van der Waals surface area contributed by atoms with E-state index in [0.717, 1.165) is 11.1 Å². The lowest BCUT2D eigenvalue weighted by molar-refractivity contribution is -0.384. The summed E-state index contributed by atoms with van der Waals surface area (Å²) in [5.74, 6) is -0.952. The van der Waals surface area contributed by atoms with E-state index in [9.17, 15) is 14.9 Å². The van der Waals surface area contributed by atoms with Gasteiger partial charge >= 0.3 is 5.97 Å². The van der Waals surface area contributed by atoms with Crippen LogP contribution in [-0.2, 0) is 13.1 Å². The number of carbonyl (C=O) groups is 1. The molecule has 0 aliphatic rings. The molecule has 0 aliphatic heterocycles. The van der Waals surface area contributed by atoms with Gasteiger partial charge in [0.05, 0.1) is 10.5 Å². The van der Waals surface area contributed by atoms with Crippen LogP contribution in [-0.4, -0.2) is 16.0 Å². The molecule has 0 aliphatic carbocycles. The molecule has 0 unspecified atom stereocenters. The first-order valence-electron chi connectivity index (χ1n) is 6.32. The number of hydrogen-bond donors (Lipinski definition) is 2. The van der Waals surface area contributed by atoms with Gasteiger partial charge in [-0.3, -0.25) is 10.1 Å². The Labute approximate surface area is 121 Å². The molecule has 0 fully saturated rings. The van der Waals surface area contributed by atoms with Crippen molar-refractivity contribution in [1.82, 2.24) is 5.32 Å². The number of hydrogen-bond acceptors (Lipinski definition) is 4. The predicted octanol–water partition coefficient (Wildman–Crippen LogP) is 2.58. The largest absolute Gasteiger partial charge is 0.478 e. The molecule has 0 saturated carbocycles. The van der Waals surface area contributed by atoms with Crippen molar-refractivity contribution < 1.29 is 14.8 Å². The second kappa shape index (κ2) is 6.62. The average molecular weight is 286 g/mol. The first-order chi connectivity index (χ1) is 10.1. The number of nitro benzene ring substituents is 1. The molecular weight excluding hydrogens is 272 g/mol. The van der Waals surface area contributed by atoms with E-state index in [0.29, 0.717) is 13.1 Å². The topological polar surface area (TPSA) is 92.5 Å². The Kier molecular flexibility index (Phi) is 4.63. The minimum atomic E-state index is -0.952. The lowest BCUT2D eigenvalue weighted by Gasteiger charge is -2.06. The Hall–Kier alpha value is -2.73. The standard InChI is InChI=1S/C15H14N2O4/c18-15(19)13-3-1-2-12(8-13)10-16-9-11-4-6-14(7-5-11)17(20)21/h1-8,16H,9-10H2,(H,18,19). The maximum absolute atomic E-state index is 10.9. The van der Waals surface area contributed by atoms with E-state index in [2.05, 4.69) is 5.32 Å². The van der Waals surface area contributed by atoms with Crippen molar-refractivity contribution in [3.8, 4) is 0 Å². The Morgan fingerprint density at radius 2 is 1.76 bits per heavy atom. The quantitative estimate of drug-likeness (QED) is 0.629. The maximum Gasteiger partial charge on any atom is 0.335 e. The third kappa shape index (κ3) is 4.12. The van der Waals surface area contributed by atoms with Crippen molar-refractivity contribution >= 4 is 11.7 Å². The highest BCUT2D eigenvalue weighted by Gasteiger charge is 2.05. The van der Waals surface area contributed by atoms with Crippen LogP contribution >= 0.6 is 0 Å². The average Bonchev–Trinajstić information content (AvgIpc) is 2.48. The summed E-state index contributed by atoms with van der Waals surface area (Å²) in [5, 5.41) is 22.6. The zero-order valence-corrected chi connectivity index (χ0v) is 11.2. The van der Waals surface area contributed by atoms with Crippen LogP contribution in [0.3, 0.4) is 0 Å². The van der Waals surface area contributed by atoms with Crippen molar-refractivity contribution in [3.05, 3.63) is 75.3 Å². The molecule has 0 heterocycles. The summed E-state index contributed by atoms with van der Waals surface area (Å²) < 4.78 is 0. The number of nitrogens with zero attached hydrogens (tertiary/aromatic N) is 1. The van der Waals surface area contributed by atoms with Crippen LogP contribution in [0.1, 0.15) is 21.5 Å². The van der Waals surface area contributed by atoms with Gasteiger partial charge in [-0.05, 0) is 23.3 Å². The number of aromatic carboxylic acids is 1. The third-order valence-electron chi connectivity index (χ3n) is 2.98. The Bertz CT molecular complexity index is 653. The van der Waals surface area contributed by atoms with Gasteiger partial charge in [0, 0.05) is 25.2 Å². The second-order valence-electron chi connectivity index (χ2n) is 4.53. The molecule has 0 bridgehead atoms. The minimum Gasteiger partial charge on any atom is -0.478 e. The van der Waals surface area contributed by atoms with Gasteiger partial charge in [-0.2, -0.15) is 0 Å². The van der Waals surface area contributed by atoms with Gasteiger partial charge in [0.15, 0.2) is 0 Å². The van der Waals surface area contributed by atoms with E-state index >= 15 is 0 Å². The van der Waals surface area contributed by atoms with Crippen molar-refractivity contribution in [1.29, 1.82) is 0 Å². The van der Waals surface area contributed by atoms with E-state index in [1.165, 1.54) is 12.1 Å². The van der Waals surface area contributed by atoms with Gasteiger partial charge in [0.2, 0.25) is 0 Å². The second-order valence-corrected chi connectivity index (χ2v) is 4.53. The Morgan fingerprint density at radius 3 is 2.38 bits per heavy atom. The summed E-state index contributed by atoms with van der Waals surface area (Å²) in [7, 11) is 0. The van der Waals surface area contributed by atoms with Crippen LogP contribution in [0.5, 0.6) is 0 Å². The summed E-state index contributed by atoms with van der Waals surface area (Å²) in [5.41, 5.74) is 2.12. The first-order valence-corrected chi connectivity index (χ1v) is 6.32. The molecule has 0 spiro atoms. The molecule has 108 valence electrons. The molecular formula is C15H14N2O4. The van der Waals surface area contributed by atoms with Crippen LogP contribution in [0.15, 0.2) is 48.5 Å². The lowest BCUT2D eigenvalue weighted by Crippen LogP contribution is -2.13. The highest BCUT2D eigenvalue weighted by Crippen LogP contribution is 2.12. The van der Waals surface area contributed by atoms with Gasteiger partial charge in [-0.1, -0.05) is 24.3 Å². The molecule has 0 atom stereocenters. The molecule has 21 heavy (non-hydrogen) atoms. The highest BCUT2D eigenvalue weighted by atomic mass is 16.6. The molecule has 6 nitrogen and oxygen atoms in total. The molecule has 2 N–H and O–H groups in total. The summed E-state index contributed by atoms with van der Waals surface area (Å²) in [6.45, 7) is 1.08. The number of rotatable bonds is 6. The molecule has 0 radical (unpaired) electrons. The molecule has 2 aromatic rings. The lowest BCUT2D eigenvalue weighted by atomic mass is 10.1. The summed E-state index contributed by atoms with van der Waals surface area (Å²) >= 11 is 0. The number of benzene rings is 2. The van der Waals surface area contributed by atoms with Crippen molar-refractivity contribution in [2.24, 2.45) is 0 Å². The number of nitrogens with one attached hydrogen (secondary N) is 1. The highest BCUT2D eigenvalue weighted by molar-refractivity contribution is 5.87. The number of carboxylic acids is 1. The van der Waals surface area contributed by atoms with E-state index in [1.54, 1.807) is 30.3 Å². The fourth-order valence-corrected chi connectivity index (χ4v) is 1.90. The molecule has 0 saturated heterocycles. The normalized spacial score (nSPS) is 10.3. The van der Waals surface area contributed by atoms with E-state index in [-0.39, 0.29) is 11.3 Å². The van der Waals surface area contributed by atoms with Gasteiger partial charge in [0.1, 0.15) is 0 Å². The monoisotopic (exact) mass is 286 g/mol. The van der Waals surface area contributed by atoms with Gasteiger partial charge in [-0.15, -0.1) is 0 Å². The molecule has 2 rings (SSSR count). The van der Waals surface area contributed by atoms with Crippen LogP contribution in [0.25, 0.3) is 0 Å². The van der Waals surface area contributed by atoms with E-state index in [1.807, 2.05) is 6.07 Å². The molecule has 0 aromatic heterocycles. The minimum absolute atomic E-state index is 0.0629. The van der Waals surface area contributed by atoms with Crippen molar-refractivity contribution in [3.63, 3.8) is 0 Å². The SMILES string of the molecule is O=C(O)c1cccc(CNCc2ccc([N+](=O)[O-])cc2)c1. The van der Waals surface area contributed by atoms with Crippen LogP contribution in [0.4, 0.5) is 5.69 Å². The third-order valence-corrected chi connectivity index (χ3v) is 2.98. The van der Waals surface area contributed by atoms with Crippen LogP contribution < -0.4 is 5.32 Å². The summed E-state index contributed by atoms with van der Waals surface area (Å²) in [6.07, 6.45) is 0. The van der Waals surface area contributed by atoms with Crippen molar-refractivity contribution in [2.75, 3.05) is 0 Å². The predicted molar refractivity (Wildman–Crippen MR) is 77.0 cm³/mol. The van der Waals surface area contributed by atoms with Gasteiger partial charge in [-0.25, -0.2) is 4.79 Å². The van der Waals surface area contributed by atoms with Crippen LogP contribution in [0, 0.1) is 10.1 Å². The molecule has 6 heteroatoms. The number of nitro groups is 1. The zero-order valence-electron chi connectivity index (χ0n) is 11.2. The van der Waals surface area contributed by atoms with Crippen LogP contribution in [0.2, 0.25) is 0 Å². The number of carboxylic acid groups (broad SMARTS) is 1.